The van der Waals surface area contributed by atoms with Crippen molar-refractivity contribution in [3.63, 3.8) is 0 Å². The van der Waals surface area contributed by atoms with E-state index in [0.29, 0.717) is 5.01 Å². The topological polar surface area (TPSA) is 101 Å². The number of hydrogen-bond donors (Lipinski definition) is 2. The summed E-state index contributed by atoms with van der Waals surface area (Å²) >= 11 is 1.11. The first-order chi connectivity index (χ1) is 8.11. The van der Waals surface area contributed by atoms with Crippen LogP contribution in [0, 0.1) is 0 Å². The minimum absolute atomic E-state index is 0.0183. The fourth-order valence-electron chi connectivity index (χ4n) is 0.877. The lowest BCUT2D eigenvalue weighted by molar-refractivity contribution is -0.136. The molecule has 0 radical (unpaired) electrons. The zero-order valence-corrected chi connectivity index (χ0v) is 9.70. The van der Waals surface area contributed by atoms with Crippen LogP contribution in [0.4, 0.5) is 9.93 Å². The third-order valence-corrected chi connectivity index (χ3v) is 2.46. The second-order valence-corrected chi connectivity index (χ2v) is 3.97. The Kier molecular flexibility index (Phi) is 5.08. The summed E-state index contributed by atoms with van der Waals surface area (Å²) in [5.41, 5.74) is 0. The third-order valence-electron chi connectivity index (χ3n) is 1.56. The number of ether oxygens (including phenoxy) is 1. The predicted molar refractivity (Wildman–Crippen MR) is 61.0 cm³/mol. The number of aromatic nitrogens is 2. The molecule has 0 saturated carbocycles. The molecule has 92 valence electrons. The summed E-state index contributed by atoms with van der Waals surface area (Å²) < 4.78 is 4.68. The van der Waals surface area contributed by atoms with Crippen molar-refractivity contribution in [3.8, 4) is 0 Å². The van der Waals surface area contributed by atoms with Crippen LogP contribution >= 0.6 is 11.3 Å². The first kappa shape index (κ1) is 13.1. The fourth-order valence-corrected chi connectivity index (χ4v) is 1.60. The van der Waals surface area contributed by atoms with Crippen LogP contribution in [0.1, 0.15) is 11.4 Å². The number of carboxylic acid groups (broad SMARTS) is 1. The van der Waals surface area contributed by atoms with E-state index in [0.717, 1.165) is 11.3 Å². The molecule has 1 rings (SSSR count). The average Bonchev–Trinajstić information content (AvgIpc) is 2.71. The number of nitrogens with zero attached hydrogens (tertiary/aromatic N) is 2. The summed E-state index contributed by atoms with van der Waals surface area (Å²) in [5, 5.41) is 19.1. The van der Waals surface area contributed by atoms with Crippen LogP contribution in [-0.4, -0.2) is 34.0 Å². The number of carboxylic acids is 1. The quantitative estimate of drug-likeness (QED) is 0.744. The van der Waals surface area contributed by atoms with E-state index in [4.69, 9.17) is 5.11 Å². The van der Waals surface area contributed by atoms with Gasteiger partial charge in [0, 0.05) is 6.42 Å². The minimum Gasteiger partial charge on any atom is -0.481 e. The lowest BCUT2D eigenvalue weighted by Gasteiger charge is -1.99. The van der Waals surface area contributed by atoms with E-state index in [2.05, 4.69) is 26.8 Å². The van der Waals surface area contributed by atoms with Crippen LogP contribution in [0.2, 0.25) is 0 Å². The largest absolute Gasteiger partial charge is 0.481 e. The number of nitrogens with one attached hydrogen (secondary N) is 1. The lowest BCUT2D eigenvalue weighted by Crippen LogP contribution is -2.13. The summed E-state index contributed by atoms with van der Waals surface area (Å²) in [5.74, 6) is -0.903. The Balaban J connectivity index is 2.42. The summed E-state index contributed by atoms with van der Waals surface area (Å²) in [6.45, 7) is 3.51. The van der Waals surface area contributed by atoms with Crippen molar-refractivity contribution in [1.29, 1.82) is 0 Å². The van der Waals surface area contributed by atoms with E-state index in [1.54, 1.807) is 0 Å². The molecular weight excluding hydrogens is 246 g/mol. The molecule has 0 unspecified atom stereocenters. The Morgan fingerprint density at radius 1 is 1.53 bits per heavy atom. The summed E-state index contributed by atoms with van der Waals surface area (Å²) in [4.78, 5) is 21.4. The maximum absolute atomic E-state index is 11.1. The molecule has 7 nitrogen and oxygen atoms in total. The maximum Gasteiger partial charge on any atom is 0.413 e. The van der Waals surface area contributed by atoms with E-state index < -0.39 is 12.1 Å². The minimum atomic E-state index is -0.903. The first-order valence-corrected chi connectivity index (χ1v) is 5.52. The van der Waals surface area contributed by atoms with Gasteiger partial charge in [0.05, 0.1) is 6.42 Å². The van der Waals surface area contributed by atoms with Crippen molar-refractivity contribution < 1.29 is 19.4 Å². The molecular formula is C9H11N3O4S. The zero-order valence-electron chi connectivity index (χ0n) is 8.88. The Morgan fingerprint density at radius 2 is 2.29 bits per heavy atom. The number of aliphatic carboxylic acids is 1. The van der Waals surface area contributed by atoms with Gasteiger partial charge in [-0.15, -0.1) is 10.2 Å². The molecule has 1 heterocycles. The molecule has 1 aromatic rings. The fraction of sp³-hybridized carbons (Fsp3) is 0.333. The smallest absolute Gasteiger partial charge is 0.413 e. The summed E-state index contributed by atoms with van der Waals surface area (Å²) in [6.07, 6.45) is 1.06. The maximum atomic E-state index is 11.1. The van der Waals surface area contributed by atoms with E-state index in [9.17, 15) is 9.59 Å². The molecule has 0 aromatic carbocycles. The Morgan fingerprint density at radius 3 is 2.94 bits per heavy atom. The van der Waals surface area contributed by atoms with Crippen LogP contribution < -0.4 is 5.32 Å². The molecule has 0 aliphatic carbocycles. The van der Waals surface area contributed by atoms with Gasteiger partial charge in [0.15, 0.2) is 0 Å². The van der Waals surface area contributed by atoms with Crippen LogP contribution in [0.5, 0.6) is 0 Å². The molecule has 2 N–H and O–H groups in total. The van der Waals surface area contributed by atoms with E-state index in [-0.39, 0.29) is 24.6 Å². The number of carbonyl (C=O) groups is 2. The third kappa shape index (κ3) is 5.07. The standard InChI is InChI=1S/C9H11N3O4S/c1-2-5-16-9(15)10-8-12-11-6(17-8)3-4-7(13)14/h2H,1,3-5H2,(H,13,14)(H,10,12,15). The second-order valence-electron chi connectivity index (χ2n) is 2.91. The molecule has 0 aliphatic heterocycles. The highest BCUT2D eigenvalue weighted by atomic mass is 32.1. The molecule has 0 spiro atoms. The summed E-state index contributed by atoms with van der Waals surface area (Å²) in [6, 6.07) is 0. The molecule has 0 fully saturated rings. The van der Waals surface area contributed by atoms with Gasteiger partial charge in [-0.1, -0.05) is 24.0 Å². The van der Waals surface area contributed by atoms with Crippen molar-refractivity contribution in [2.75, 3.05) is 11.9 Å². The van der Waals surface area contributed by atoms with Crippen molar-refractivity contribution in [3.05, 3.63) is 17.7 Å². The molecule has 17 heavy (non-hydrogen) atoms. The zero-order chi connectivity index (χ0) is 12.7. The highest BCUT2D eigenvalue weighted by Crippen LogP contribution is 2.16. The highest BCUT2D eigenvalue weighted by molar-refractivity contribution is 7.15. The van der Waals surface area contributed by atoms with Gasteiger partial charge in [-0.2, -0.15) is 0 Å². The van der Waals surface area contributed by atoms with Gasteiger partial charge in [-0.3, -0.25) is 10.1 Å². The molecule has 0 atom stereocenters. The molecule has 0 saturated heterocycles. The second kappa shape index (κ2) is 6.59. The molecule has 0 aliphatic rings. The first-order valence-electron chi connectivity index (χ1n) is 4.70. The lowest BCUT2D eigenvalue weighted by atomic mass is 10.3. The van der Waals surface area contributed by atoms with Gasteiger partial charge in [0.2, 0.25) is 5.13 Å². The van der Waals surface area contributed by atoms with Crippen LogP contribution in [-0.2, 0) is 16.0 Å². The SMILES string of the molecule is C=CCOC(=O)Nc1nnc(CCC(=O)O)s1. The average molecular weight is 257 g/mol. The van der Waals surface area contributed by atoms with Crippen molar-refractivity contribution in [2.24, 2.45) is 0 Å². The van der Waals surface area contributed by atoms with Crippen molar-refractivity contribution in [1.82, 2.24) is 10.2 Å². The highest BCUT2D eigenvalue weighted by Gasteiger charge is 2.09. The number of aryl methyl sites for hydroxylation is 1. The monoisotopic (exact) mass is 257 g/mol. The Bertz CT molecular complexity index is 418. The van der Waals surface area contributed by atoms with Gasteiger partial charge < -0.3 is 9.84 Å². The van der Waals surface area contributed by atoms with Gasteiger partial charge in [0.25, 0.3) is 0 Å². The van der Waals surface area contributed by atoms with Crippen LogP contribution in [0.15, 0.2) is 12.7 Å². The molecule has 8 heteroatoms. The summed E-state index contributed by atoms with van der Waals surface area (Å²) in [7, 11) is 0. The van der Waals surface area contributed by atoms with Crippen LogP contribution in [0.25, 0.3) is 0 Å². The van der Waals surface area contributed by atoms with E-state index in [1.807, 2.05) is 0 Å². The molecule has 1 aromatic heterocycles. The number of rotatable bonds is 6. The van der Waals surface area contributed by atoms with E-state index in [1.165, 1.54) is 6.08 Å². The number of anilines is 1. The van der Waals surface area contributed by atoms with Gasteiger partial charge in [-0.05, 0) is 0 Å². The molecule has 0 bridgehead atoms. The van der Waals surface area contributed by atoms with Gasteiger partial charge >= 0.3 is 12.1 Å². The van der Waals surface area contributed by atoms with Gasteiger partial charge in [-0.25, -0.2) is 4.79 Å². The number of hydrogen-bond acceptors (Lipinski definition) is 6. The molecule has 1 amide bonds. The number of carbonyl (C=O) groups excluding carboxylic acids is 1. The normalized spacial score (nSPS) is 9.65. The predicted octanol–water partition coefficient (Wildman–Crippen LogP) is 1.29. The van der Waals surface area contributed by atoms with Crippen molar-refractivity contribution in [2.45, 2.75) is 12.8 Å². The Labute approximate surface area is 101 Å². The van der Waals surface area contributed by atoms with Gasteiger partial charge in [0.1, 0.15) is 11.6 Å². The Hall–Kier alpha value is -1.96. The van der Waals surface area contributed by atoms with Crippen LogP contribution in [0.3, 0.4) is 0 Å². The van der Waals surface area contributed by atoms with Crippen molar-refractivity contribution >= 4 is 28.5 Å². The number of amides is 1. The van der Waals surface area contributed by atoms with E-state index >= 15 is 0 Å².